The lowest BCUT2D eigenvalue weighted by atomic mass is 9.97. The molecular weight excluding hydrogens is 278 g/mol. The average molecular weight is 299 g/mol. The molecule has 2 aromatic rings. The summed E-state index contributed by atoms with van der Waals surface area (Å²) in [6.07, 6.45) is 3.81. The zero-order chi connectivity index (χ0) is 15.7. The third kappa shape index (κ3) is 3.00. The second-order valence-corrected chi connectivity index (χ2v) is 5.97. The van der Waals surface area contributed by atoms with E-state index in [2.05, 4.69) is 15.0 Å². The fourth-order valence-corrected chi connectivity index (χ4v) is 2.91. The fraction of sp³-hybridized carbons (Fsp3) is 0.500. The van der Waals surface area contributed by atoms with E-state index in [4.69, 9.17) is 4.98 Å². The number of rotatable bonds is 2. The molecule has 0 aliphatic carbocycles. The van der Waals surface area contributed by atoms with E-state index in [0.29, 0.717) is 6.54 Å². The quantitative estimate of drug-likeness (QED) is 0.922. The molecule has 3 heterocycles. The summed E-state index contributed by atoms with van der Waals surface area (Å²) in [4.78, 5) is 30.3. The minimum absolute atomic E-state index is 0.124. The number of amides is 1. The number of aromatic nitrogens is 4. The SMILES string of the molecule is CC(=O)N1CCCC(c2nc(C)cc(-c3ncc(C)[nH]3)n2)C1. The Labute approximate surface area is 130 Å². The number of likely N-dealkylation sites (tertiary alicyclic amines) is 1. The lowest BCUT2D eigenvalue weighted by Gasteiger charge is -2.31. The van der Waals surface area contributed by atoms with Crippen LogP contribution in [0.2, 0.25) is 0 Å². The molecular formula is C16H21N5O. The van der Waals surface area contributed by atoms with E-state index in [1.54, 1.807) is 13.1 Å². The van der Waals surface area contributed by atoms with E-state index in [-0.39, 0.29) is 11.8 Å². The third-order valence-electron chi connectivity index (χ3n) is 4.05. The van der Waals surface area contributed by atoms with Gasteiger partial charge in [-0.1, -0.05) is 0 Å². The number of aryl methyl sites for hydroxylation is 2. The number of hydrogen-bond donors (Lipinski definition) is 1. The van der Waals surface area contributed by atoms with Gasteiger partial charge in [-0.25, -0.2) is 15.0 Å². The number of aromatic amines is 1. The number of piperidine rings is 1. The van der Waals surface area contributed by atoms with Gasteiger partial charge in [0, 0.05) is 43.5 Å². The van der Waals surface area contributed by atoms with Crippen LogP contribution < -0.4 is 0 Å². The molecule has 1 aliphatic rings. The summed E-state index contributed by atoms with van der Waals surface area (Å²) >= 11 is 0. The van der Waals surface area contributed by atoms with Crippen LogP contribution in [0.5, 0.6) is 0 Å². The van der Waals surface area contributed by atoms with Crippen LogP contribution in [0.25, 0.3) is 11.5 Å². The second-order valence-electron chi connectivity index (χ2n) is 5.97. The van der Waals surface area contributed by atoms with Crippen molar-refractivity contribution in [1.82, 2.24) is 24.8 Å². The number of nitrogens with one attached hydrogen (secondary N) is 1. The molecule has 1 atom stereocenters. The van der Waals surface area contributed by atoms with Gasteiger partial charge in [0.2, 0.25) is 5.91 Å². The molecule has 0 bridgehead atoms. The Morgan fingerprint density at radius 2 is 2.18 bits per heavy atom. The molecule has 0 radical (unpaired) electrons. The largest absolute Gasteiger partial charge is 0.342 e. The maximum absolute atomic E-state index is 11.6. The van der Waals surface area contributed by atoms with E-state index in [0.717, 1.165) is 48.1 Å². The molecule has 1 unspecified atom stereocenters. The van der Waals surface area contributed by atoms with Crippen LogP contribution in [0.15, 0.2) is 12.3 Å². The molecule has 1 saturated heterocycles. The van der Waals surface area contributed by atoms with E-state index in [1.807, 2.05) is 24.8 Å². The van der Waals surface area contributed by atoms with Crippen LogP contribution >= 0.6 is 0 Å². The van der Waals surface area contributed by atoms with Gasteiger partial charge < -0.3 is 9.88 Å². The number of imidazole rings is 1. The van der Waals surface area contributed by atoms with Gasteiger partial charge in [0.05, 0.1) is 0 Å². The topological polar surface area (TPSA) is 74.8 Å². The van der Waals surface area contributed by atoms with Crippen molar-refractivity contribution in [2.24, 2.45) is 0 Å². The molecule has 22 heavy (non-hydrogen) atoms. The summed E-state index contributed by atoms with van der Waals surface area (Å²) < 4.78 is 0. The monoisotopic (exact) mass is 299 g/mol. The van der Waals surface area contributed by atoms with Gasteiger partial charge in [-0.15, -0.1) is 0 Å². The van der Waals surface area contributed by atoms with Crippen molar-refractivity contribution in [1.29, 1.82) is 0 Å². The van der Waals surface area contributed by atoms with E-state index in [1.165, 1.54) is 0 Å². The van der Waals surface area contributed by atoms with Crippen molar-refractivity contribution >= 4 is 5.91 Å². The van der Waals surface area contributed by atoms with E-state index >= 15 is 0 Å². The van der Waals surface area contributed by atoms with Crippen LogP contribution in [-0.4, -0.2) is 43.8 Å². The van der Waals surface area contributed by atoms with Gasteiger partial charge in [-0.2, -0.15) is 0 Å². The Morgan fingerprint density at radius 3 is 2.86 bits per heavy atom. The van der Waals surface area contributed by atoms with Crippen LogP contribution in [-0.2, 0) is 4.79 Å². The molecule has 6 heteroatoms. The highest BCUT2D eigenvalue weighted by atomic mass is 16.2. The lowest BCUT2D eigenvalue weighted by Crippen LogP contribution is -2.38. The zero-order valence-corrected chi connectivity index (χ0v) is 13.3. The average Bonchev–Trinajstić information content (AvgIpc) is 2.93. The number of carbonyl (C=O) groups is 1. The highest BCUT2D eigenvalue weighted by Gasteiger charge is 2.25. The standard InChI is InChI=1S/C16H21N5O/c1-10-7-14(16-17-8-11(2)19-16)20-15(18-10)13-5-4-6-21(9-13)12(3)22/h7-8,13H,4-6,9H2,1-3H3,(H,17,19). The van der Waals surface area contributed by atoms with Gasteiger partial charge in [0.25, 0.3) is 0 Å². The molecule has 1 N–H and O–H groups in total. The van der Waals surface area contributed by atoms with Gasteiger partial charge in [0.1, 0.15) is 11.5 Å². The first-order valence-electron chi connectivity index (χ1n) is 7.66. The first kappa shape index (κ1) is 14.7. The van der Waals surface area contributed by atoms with Crippen molar-refractivity contribution in [2.45, 2.75) is 39.5 Å². The third-order valence-corrected chi connectivity index (χ3v) is 4.05. The predicted molar refractivity (Wildman–Crippen MR) is 83.3 cm³/mol. The van der Waals surface area contributed by atoms with Crippen molar-refractivity contribution in [2.75, 3.05) is 13.1 Å². The highest BCUT2D eigenvalue weighted by molar-refractivity contribution is 5.73. The van der Waals surface area contributed by atoms with Gasteiger partial charge in [-0.3, -0.25) is 4.79 Å². The summed E-state index contributed by atoms with van der Waals surface area (Å²) in [5.41, 5.74) is 2.75. The minimum atomic E-state index is 0.124. The van der Waals surface area contributed by atoms with Gasteiger partial charge in [-0.05, 0) is 32.8 Å². The number of H-pyrrole nitrogens is 1. The predicted octanol–water partition coefficient (Wildman–Crippen LogP) is 2.21. The molecule has 1 fully saturated rings. The maximum atomic E-state index is 11.6. The first-order chi connectivity index (χ1) is 10.5. The summed E-state index contributed by atoms with van der Waals surface area (Å²) in [5.74, 6) is 1.91. The van der Waals surface area contributed by atoms with Crippen molar-refractivity contribution in [3.05, 3.63) is 29.5 Å². The van der Waals surface area contributed by atoms with Crippen molar-refractivity contribution in [3.63, 3.8) is 0 Å². The van der Waals surface area contributed by atoms with Crippen LogP contribution in [0.1, 0.15) is 42.9 Å². The maximum Gasteiger partial charge on any atom is 0.219 e. The Morgan fingerprint density at radius 1 is 1.36 bits per heavy atom. The fourth-order valence-electron chi connectivity index (χ4n) is 2.91. The van der Waals surface area contributed by atoms with E-state index < -0.39 is 0 Å². The van der Waals surface area contributed by atoms with Crippen molar-refractivity contribution < 1.29 is 4.79 Å². The lowest BCUT2D eigenvalue weighted by molar-refractivity contribution is -0.130. The Bertz CT molecular complexity index is 694. The molecule has 0 aromatic carbocycles. The molecule has 1 aliphatic heterocycles. The van der Waals surface area contributed by atoms with Crippen LogP contribution in [0, 0.1) is 13.8 Å². The van der Waals surface area contributed by atoms with Crippen LogP contribution in [0.4, 0.5) is 0 Å². The molecule has 1 amide bonds. The normalized spacial score (nSPS) is 18.5. The number of hydrogen-bond acceptors (Lipinski definition) is 4. The zero-order valence-electron chi connectivity index (χ0n) is 13.3. The second kappa shape index (κ2) is 5.87. The van der Waals surface area contributed by atoms with E-state index in [9.17, 15) is 4.79 Å². The van der Waals surface area contributed by atoms with Crippen LogP contribution in [0.3, 0.4) is 0 Å². The molecule has 116 valence electrons. The van der Waals surface area contributed by atoms with Crippen molar-refractivity contribution in [3.8, 4) is 11.5 Å². The highest BCUT2D eigenvalue weighted by Crippen LogP contribution is 2.26. The van der Waals surface area contributed by atoms with Gasteiger partial charge >= 0.3 is 0 Å². The summed E-state index contributed by atoms with van der Waals surface area (Å²) in [5, 5.41) is 0. The molecule has 0 spiro atoms. The molecule has 2 aromatic heterocycles. The summed E-state index contributed by atoms with van der Waals surface area (Å²) in [6.45, 7) is 7.10. The number of nitrogens with zero attached hydrogens (tertiary/aromatic N) is 4. The number of carbonyl (C=O) groups excluding carboxylic acids is 1. The minimum Gasteiger partial charge on any atom is -0.342 e. The Kier molecular flexibility index (Phi) is 3.92. The first-order valence-corrected chi connectivity index (χ1v) is 7.66. The Hall–Kier alpha value is -2.24. The van der Waals surface area contributed by atoms with Gasteiger partial charge in [0.15, 0.2) is 5.82 Å². The summed E-state index contributed by atoms with van der Waals surface area (Å²) in [7, 11) is 0. The molecule has 0 saturated carbocycles. The molecule has 3 rings (SSSR count). The Balaban J connectivity index is 1.90. The summed E-state index contributed by atoms with van der Waals surface area (Å²) in [6, 6.07) is 1.94. The molecule has 6 nitrogen and oxygen atoms in total. The smallest absolute Gasteiger partial charge is 0.219 e.